The van der Waals surface area contributed by atoms with Crippen LogP contribution in [-0.4, -0.2) is 19.1 Å². The maximum Gasteiger partial charge on any atom is 0.165 e. The molecule has 0 saturated heterocycles. The number of nitrogens with zero attached hydrogens (tertiary/aromatic N) is 4. The molecule has 0 fully saturated rings. The standard InChI is InChI=1S/C58H32N4S/c1-2-15-36(16-3-1)61-45-23-10-8-19-39(45)43-31-35(27-29-46(43)61)56-58(60-57-37-17-5-4-13-33(37)25-28-44(57)59-56)62-47-30-26-34-14-12-22-40-38-18-6-7-20-41(38)53-52-42-21-9-11-24-49(42)63-50(52)32-48(62)55(53)54(47)51(34)40/h1-32H. The smallest absolute Gasteiger partial charge is 0.165 e. The highest BCUT2D eigenvalue weighted by Gasteiger charge is 2.30. The number of aromatic nitrogens is 4. The Kier molecular flexibility index (Phi) is 6.53. The van der Waals surface area contributed by atoms with Crippen molar-refractivity contribution < 1.29 is 0 Å². The van der Waals surface area contributed by atoms with Gasteiger partial charge in [-0.05, 0) is 87.4 Å². The van der Waals surface area contributed by atoms with Crippen LogP contribution in [0.5, 0.6) is 0 Å². The number of rotatable bonds is 3. The van der Waals surface area contributed by atoms with E-state index in [4.69, 9.17) is 9.97 Å². The van der Waals surface area contributed by atoms with Gasteiger partial charge < -0.3 is 4.57 Å². The third-order valence-corrected chi connectivity index (χ3v) is 14.7. The summed E-state index contributed by atoms with van der Waals surface area (Å²) in [6, 6.07) is 70.9. The Morgan fingerprint density at radius 1 is 0.381 bits per heavy atom. The van der Waals surface area contributed by atoms with E-state index in [2.05, 4.69) is 203 Å². The largest absolute Gasteiger partial charge is 0.309 e. The molecule has 0 radical (unpaired) electrons. The Labute approximate surface area is 364 Å². The molecule has 0 amide bonds. The number of thiophene rings is 1. The topological polar surface area (TPSA) is 35.6 Å². The highest BCUT2D eigenvalue weighted by atomic mass is 32.1. The highest BCUT2D eigenvalue weighted by molar-refractivity contribution is 7.26. The lowest BCUT2D eigenvalue weighted by molar-refractivity contribution is 1.08. The van der Waals surface area contributed by atoms with E-state index in [0.29, 0.717) is 0 Å². The average Bonchev–Trinajstić information content (AvgIpc) is 3.97. The van der Waals surface area contributed by atoms with Crippen molar-refractivity contribution in [2.75, 3.05) is 0 Å². The molecule has 0 saturated carbocycles. The first-order valence-corrected chi connectivity index (χ1v) is 22.3. The summed E-state index contributed by atoms with van der Waals surface area (Å²) in [5.41, 5.74) is 14.4. The van der Waals surface area contributed by atoms with Crippen LogP contribution in [-0.2, 0) is 0 Å². The first kappa shape index (κ1) is 33.6. The van der Waals surface area contributed by atoms with Gasteiger partial charge >= 0.3 is 0 Å². The lowest BCUT2D eigenvalue weighted by atomic mass is 9.91. The molecule has 15 rings (SSSR count). The van der Waals surface area contributed by atoms with Crippen molar-refractivity contribution in [3.05, 3.63) is 194 Å². The summed E-state index contributed by atoms with van der Waals surface area (Å²) in [5, 5.41) is 12.3. The number of benzene rings is 10. The fraction of sp³-hybridized carbons (Fsp3) is 0. The highest BCUT2D eigenvalue weighted by Crippen LogP contribution is 2.54. The lowest BCUT2D eigenvalue weighted by Crippen LogP contribution is -2.04. The van der Waals surface area contributed by atoms with E-state index < -0.39 is 0 Å². The predicted molar refractivity (Wildman–Crippen MR) is 266 cm³/mol. The first-order valence-electron chi connectivity index (χ1n) is 21.5. The molecule has 5 heteroatoms. The molecule has 63 heavy (non-hydrogen) atoms. The molecule has 0 atom stereocenters. The zero-order valence-corrected chi connectivity index (χ0v) is 34.5. The summed E-state index contributed by atoms with van der Waals surface area (Å²) in [6.07, 6.45) is 0. The Hall–Kier alpha value is -8.12. The Balaban J connectivity index is 1.14. The summed E-state index contributed by atoms with van der Waals surface area (Å²) in [4.78, 5) is 11.5. The molecule has 10 aromatic carbocycles. The van der Waals surface area contributed by atoms with Gasteiger partial charge in [0.2, 0.25) is 0 Å². The third-order valence-electron chi connectivity index (χ3n) is 13.6. The molecule has 0 spiro atoms. The Bertz CT molecular complexity index is 4320. The molecule has 4 nitrogen and oxygen atoms in total. The van der Waals surface area contributed by atoms with Gasteiger partial charge in [0.1, 0.15) is 5.69 Å². The normalized spacial score (nSPS) is 12.4. The summed E-state index contributed by atoms with van der Waals surface area (Å²) in [6.45, 7) is 0. The SMILES string of the molecule is c1ccc(-n2c3ccccc3c3cc(-c4nc5ccc6ccccc6c5nc4-n4c5cc6sc7ccccc7c6c6c5c5c7c(cccc7ccc54)-c4ccccc4-6)ccc32)cc1. The van der Waals surface area contributed by atoms with Crippen LogP contribution < -0.4 is 0 Å². The van der Waals surface area contributed by atoms with E-state index in [1.807, 2.05) is 11.3 Å². The first-order chi connectivity index (χ1) is 31.3. The monoisotopic (exact) mass is 816 g/mol. The molecule has 1 aliphatic carbocycles. The summed E-state index contributed by atoms with van der Waals surface area (Å²) in [7, 11) is 0. The molecule has 0 unspecified atom stereocenters. The fourth-order valence-corrected chi connectivity index (χ4v) is 12.2. The molecule has 0 N–H and O–H groups in total. The van der Waals surface area contributed by atoms with E-state index >= 15 is 0 Å². The van der Waals surface area contributed by atoms with Crippen molar-refractivity contribution in [1.82, 2.24) is 19.1 Å². The zero-order chi connectivity index (χ0) is 40.9. The average molecular weight is 817 g/mol. The minimum atomic E-state index is 0.821. The summed E-state index contributed by atoms with van der Waals surface area (Å²) >= 11 is 1.87. The molecule has 4 aromatic heterocycles. The number of hydrogen-bond donors (Lipinski definition) is 0. The Morgan fingerprint density at radius 3 is 2.02 bits per heavy atom. The van der Waals surface area contributed by atoms with Gasteiger partial charge in [-0.1, -0.05) is 140 Å². The van der Waals surface area contributed by atoms with Crippen LogP contribution >= 0.6 is 11.3 Å². The van der Waals surface area contributed by atoms with Crippen LogP contribution in [0.1, 0.15) is 0 Å². The van der Waals surface area contributed by atoms with Crippen molar-refractivity contribution in [2.45, 2.75) is 0 Å². The van der Waals surface area contributed by atoms with Crippen molar-refractivity contribution in [3.63, 3.8) is 0 Å². The molecule has 290 valence electrons. The van der Waals surface area contributed by atoms with Gasteiger partial charge in [-0.3, -0.25) is 4.57 Å². The van der Waals surface area contributed by atoms with E-state index in [1.165, 1.54) is 80.3 Å². The van der Waals surface area contributed by atoms with Gasteiger partial charge in [-0.2, -0.15) is 0 Å². The zero-order valence-electron chi connectivity index (χ0n) is 33.7. The van der Waals surface area contributed by atoms with Crippen LogP contribution in [0, 0.1) is 0 Å². The van der Waals surface area contributed by atoms with Gasteiger partial charge in [0.05, 0.1) is 33.1 Å². The van der Waals surface area contributed by atoms with Crippen molar-refractivity contribution in [3.8, 4) is 45.0 Å². The quantitative estimate of drug-likeness (QED) is 0.167. The van der Waals surface area contributed by atoms with Gasteiger partial charge in [-0.25, -0.2) is 9.97 Å². The minimum Gasteiger partial charge on any atom is -0.309 e. The third kappa shape index (κ3) is 4.43. The minimum absolute atomic E-state index is 0.821. The molecular weight excluding hydrogens is 785 g/mol. The van der Waals surface area contributed by atoms with E-state index in [0.717, 1.165) is 61.1 Å². The molecule has 0 bridgehead atoms. The van der Waals surface area contributed by atoms with Crippen LogP contribution in [0.15, 0.2) is 194 Å². The second-order valence-corrected chi connectivity index (χ2v) is 17.9. The predicted octanol–water partition coefficient (Wildman–Crippen LogP) is 15.8. The maximum atomic E-state index is 5.83. The van der Waals surface area contributed by atoms with Gasteiger partial charge in [-0.15, -0.1) is 11.3 Å². The summed E-state index contributed by atoms with van der Waals surface area (Å²) < 4.78 is 7.37. The van der Waals surface area contributed by atoms with Crippen LogP contribution in [0.3, 0.4) is 0 Å². The van der Waals surface area contributed by atoms with Crippen LogP contribution in [0.4, 0.5) is 0 Å². The molecule has 0 aliphatic heterocycles. The maximum absolute atomic E-state index is 5.83. The van der Waals surface area contributed by atoms with Crippen LogP contribution in [0.2, 0.25) is 0 Å². The second-order valence-electron chi connectivity index (χ2n) is 16.8. The van der Waals surface area contributed by atoms with E-state index in [9.17, 15) is 0 Å². The molecular formula is C58H32N4S. The van der Waals surface area contributed by atoms with Crippen molar-refractivity contribution in [1.29, 1.82) is 0 Å². The molecule has 4 heterocycles. The van der Waals surface area contributed by atoms with Crippen molar-refractivity contribution >= 4 is 108 Å². The number of fused-ring (bicyclic) bond motifs is 13. The summed E-state index contributed by atoms with van der Waals surface area (Å²) in [5.74, 6) is 0.821. The van der Waals surface area contributed by atoms with Gasteiger partial charge in [0.15, 0.2) is 5.82 Å². The van der Waals surface area contributed by atoms with Crippen LogP contribution in [0.25, 0.3) is 141 Å². The van der Waals surface area contributed by atoms with Crippen molar-refractivity contribution in [2.24, 2.45) is 0 Å². The van der Waals surface area contributed by atoms with Gasteiger partial charge in [0.25, 0.3) is 0 Å². The molecule has 1 aliphatic rings. The lowest BCUT2D eigenvalue weighted by Gasteiger charge is -2.17. The molecule has 14 aromatic rings. The van der Waals surface area contributed by atoms with Gasteiger partial charge in [0, 0.05) is 63.9 Å². The second kappa shape index (κ2) is 12.3. The van der Waals surface area contributed by atoms with E-state index in [-0.39, 0.29) is 0 Å². The number of para-hydroxylation sites is 2. The van der Waals surface area contributed by atoms with E-state index in [1.54, 1.807) is 0 Å². The fourth-order valence-electron chi connectivity index (χ4n) is 11.0. The Morgan fingerprint density at radius 2 is 1.10 bits per heavy atom. The number of hydrogen-bond acceptors (Lipinski definition) is 3.